The summed E-state index contributed by atoms with van der Waals surface area (Å²) in [6.07, 6.45) is 1.39. The molecule has 0 bridgehead atoms. The van der Waals surface area contributed by atoms with E-state index >= 15 is 0 Å². The van der Waals surface area contributed by atoms with Gasteiger partial charge in [-0.15, -0.1) is 0 Å². The molecule has 0 saturated heterocycles. The highest BCUT2D eigenvalue weighted by atomic mass is 28.2. The van der Waals surface area contributed by atoms with Crippen LogP contribution >= 0.6 is 0 Å². The number of hydrogen-bond donors (Lipinski definition) is 0. The van der Waals surface area contributed by atoms with Crippen LogP contribution in [-0.4, -0.2) is 9.52 Å². The van der Waals surface area contributed by atoms with Gasteiger partial charge in [-0.1, -0.05) is 52.6 Å². The van der Waals surface area contributed by atoms with E-state index in [9.17, 15) is 0 Å². The van der Waals surface area contributed by atoms with Crippen LogP contribution in [0.5, 0.6) is 0 Å². The Hall–Kier alpha value is 0.217. The summed E-state index contributed by atoms with van der Waals surface area (Å²) in [6.45, 7) is 11.8. The van der Waals surface area contributed by atoms with Crippen LogP contribution in [0.15, 0.2) is 0 Å². The van der Waals surface area contributed by atoms with Gasteiger partial charge in [-0.2, -0.15) is 0 Å². The predicted octanol–water partition coefficient (Wildman–Crippen LogP) is 2.84. The van der Waals surface area contributed by atoms with Crippen LogP contribution < -0.4 is 0 Å². The maximum Gasteiger partial charge on any atom is 0.0233 e. The van der Waals surface area contributed by atoms with Crippen molar-refractivity contribution >= 4 is 9.52 Å². The van der Waals surface area contributed by atoms with E-state index in [0.717, 1.165) is 5.54 Å². The van der Waals surface area contributed by atoms with Crippen LogP contribution in [0.1, 0.15) is 41.0 Å². The average Bonchev–Trinajstić information content (AvgIpc) is 1.81. The van der Waals surface area contributed by atoms with Crippen molar-refractivity contribution in [3.05, 3.63) is 0 Å². The van der Waals surface area contributed by atoms with Crippen LogP contribution in [-0.2, 0) is 0 Å². The zero-order valence-electron chi connectivity index (χ0n) is 8.20. The zero-order valence-corrected chi connectivity index (χ0v) is 9.61. The molecule has 0 spiro atoms. The SMILES string of the molecule is CCC(C)[SiH2]CC(C)(C)C. The van der Waals surface area contributed by atoms with Crippen molar-refractivity contribution < 1.29 is 0 Å². The lowest BCUT2D eigenvalue weighted by molar-refractivity contribution is 0.464. The van der Waals surface area contributed by atoms with Gasteiger partial charge >= 0.3 is 0 Å². The van der Waals surface area contributed by atoms with E-state index < -0.39 is 0 Å². The van der Waals surface area contributed by atoms with E-state index in [1.54, 1.807) is 0 Å². The second-order valence-corrected chi connectivity index (χ2v) is 7.08. The van der Waals surface area contributed by atoms with E-state index in [0.29, 0.717) is 5.41 Å². The van der Waals surface area contributed by atoms with E-state index in [4.69, 9.17) is 0 Å². The van der Waals surface area contributed by atoms with E-state index in [1.807, 2.05) is 0 Å². The van der Waals surface area contributed by atoms with Crippen molar-refractivity contribution in [1.82, 2.24) is 0 Å². The average molecular weight is 158 g/mol. The Labute approximate surface area is 68.2 Å². The molecule has 0 aromatic heterocycles. The molecular weight excluding hydrogens is 136 g/mol. The molecule has 1 atom stereocenters. The van der Waals surface area contributed by atoms with Gasteiger partial charge in [0.25, 0.3) is 0 Å². The normalized spacial score (nSPS) is 16.5. The smallest absolute Gasteiger partial charge is 0.0233 e. The minimum absolute atomic E-state index is 0.231. The van der Waals surface area contributed by atoms with Gasteiger partial charge in [0.15, 0.2) is 0 Å². The molecule has 0 radical (unpaired) electrons. The van der Waals surface area contributed by atoms with Gasteiger partial charge in [-0.05, 0) is 5.41 Å². The Balaban J connectivity index is 3.36. The fourth-order valence-corrected chi connectivity index (χ4v) is 2.65. The quantitative estimate of drug-likeness (QED) is 0.554. The highest BCUT2D eigenvalue weighted by Crippen LogP contribution is 2.22. The maximum absolute atomic E-state index is 2.40. The van der Waals surface area contributed by atoms with Crippen LogP contribution in [0.4, 0.5) is 0 Å². The summed E-state index contributed by atoms with van der Waals surface area (Å²) in [5.74, 6) is 0. The van der Waals surface area contributed by atoms with Gasteiger partial charge < -0.3 is 0 Å². The van der Waals surface area contributed by atoms with Crippen LogP contribution in [0, 0.1) is 5.41 Å². The highest BCUT2D eigenvalue weighted by molar-refractivity contribution is 6.37. The van der Waals surface area contributed by atoms with Gasteiger partial charge in [0.2, 0.25) is 0 Å². The molecular formula is C9H22Si. The van der Waals surface area contributed by atoms with Gasteiger partial charge in [0.05, 0.1) is 0 Å². The third-order valence-corrected chi connectivity index (χ3v) is 5.44. The minimum Gasteiger partial charge on any atom is -0.0654 e. The number of rotatable bonds is 3. The Bertz CT molecular complexity index is 81.2. The molecule has 0 aliphatic rings. The van der Waals surface area contributed by atoms with Crippen molar-refractivity contribution in [3.63, 3.8) is 0 Å². The Morgan fingerprint density at radius 2 is 1.80 bits per heavy atom. The molecule has 0 aliphatic carbocycles. The van der Waals surface area contributed by atoms with Crippen molar-refractivity contribution in [3.8, 4) is 0 Å². The molecule has 0 aliphatic heterocycles. The topological polar surface area (TPSA) is 0 Å². The zero-order chi connectivity index (χ0) is 8.20. The van der Waals surface area contributed by atoms with Crippen LogP contribution in [0.25, 0.3) is 0 Å². The molecule has 0 aromatic rings. The molecule has 0 rings (SSSR count). The molecule has 1 heteroatoms. The number of hydrogen-bond acceptors (Lipinski definition) is 0. The molecule has 62 valence electrons. The monoisotopic (exact) mass is 158 g/mol. The van der Waals surface area contributed by atoms with Crippen LogP contribution in [0.2, 0.25) is 11.6 Å². The first kappa shape index (κ1) is 10.2. The summed E-state index contributed by atoms with van der Waals surface area (Å²) in [7, 11) is 0.231. The first-order valence-electron chi connectivity index (χ1n) is 4.45. The van der Waals surface area contributed by atoms with E-state index in [2.05, 4.69) is 34.6 Å². The minimum atomic E-state index is 0.231. The molecule has 0 saturated carbocycles. The summed E-state index contributed by atoms with van der Waals surface area (Å²) in [5, 5.41) is 0. The summed E-state index contributed by atoms with van der Waals surface area (Å²) in [6, 6.07) is 1.50. The Morgan fingerprint density at radius 1 is 1.30 bits per heavy atom. The maximum atomic E-state index is 2.40. The first-order valence-corrected chi connectivity index (χ1v) is 6.27. The van der Waals surface area contributed by atoms with Crippen molar-refractivity contribution in [2.24, 2.45) is 5.41 Å². The summed E-state index contributed by atoms with van der Waals surface area (Å²) in [4.78, 5) is 0. The molecule has 10 heavy (non-hydrogen) atoms. The van der Waals surface area contributed by atoms with Crippen molar-refractivity contribution in [2.45, 2.75) is 52.6 Å². The molecule has 1 unspecified atom stereocenters. The Kier molecular flexibility index (Phi) is 4.26. The molecule has 0 N–H and O–H groups in total. The highest BCUT2D eigenvalue weighted by Gasteiger charge is 2.11. The van der Waals surface area contributed by atoms with Crippen molar-refractivity contribution in [2.75, 3.05) is 0 Å². The fraction of sp³-hybridized carbons (Fsp3) is 1.00. The third-order valence-electron chi connectivity index (χ3n) is 2.08. The third kappa shape index (κ3) is 6.34. The van der Waals surface area contributed by atoms with Gasteiger partial charge in [-0.25, -0.2) is 0 Å². The van der Waals surface area contributed by atoms with Gasteiger partial charge in [0.1, 0.15) is 0 Å². The largest absolute Gasteiger partial charge is 0.0654 e. The molecule has 0 fully saturated rings. The lowest BCUT2D eigenvalue weighted by Crippen LogP contribution is -2.11. The second kappa shape index (κ2) is 4.17. The lowest BCUT2D eigenvalue weighted by Gasteiger charge is -2.19. The first-order chi connectivity index (χ1) is 4.45. The Morgan fingerprint density at radius 3 is 2.10 bits per heavy atom. The van der Waals surface area contributed by atoms with E-state index in [-0.39, 0.29) is 9.52 Å². The fourth-order valence-electron chi connectivity index (χ4n) is 0.884. The van der Waals surface area contributed by atoms with Crippen molar-refractivity contribution in [1.29, 1.82) is 0 Å². The summed E-state index contributed by atoms with van der Waals surface area (Å²) in [5.41, 5.74) is 1.65. The predicted molar refractivity (Wildman–Crippen MR) is 52.5 cm³/mol. The standard InChI is InChI=1S/C9H22Si/c1-6-8(2)10-7-9(3,4)5/h8H,6-7,10H2,1-5H3. The lowest BCUT2D eigenvalue weighted by atomic mass is 10.0. The molecule has 0 nitrogen and oxygen atoms in total. The molecule has 0 heterocycles. The second-order valence-electron chi connectivity index (χ2n) is 4.61. The summed E-state index contributed by atoms with van der Waals surface area (Å²) < 4.78 is 0. The van der Waals surface area contributed by atoms with E-state index in [1.165, 1.54) is 12.5 Å². The van der Waals surface area contributed by atoms with Gasteiger partial charge in [0, 0.05) is 9.52 Å². The van der Waals surface area contributed by atoms with Crippen LogP contribution in [0.3, 0.4) is 0 Å². The molecule has 0 aromatic carbocycles. The molecule has 0 amide bonds. The van der Waals surface area contributed by atoms with Gasteiger partial charge in [-0.3, -0.25) is 0 Å². The summed E-state index contributed by atoms with van der Waals surface area (Å²) >= 11 is 0.